The highest BCUT2D eigenvalue weighted by Gasteiger charge is 2.62. The van der Waals surface area contributed by atoms with Crippen LogP contribution in [0.4, 0.5) is 0 Å². The number of methoxy groups -OCH3 is 1. The molecule has 3 aliphatic heterocycles. The summed E-state index contributed by atoms with van der Waals surface area (Å²) in [6.07, 6.45) is 7.70. The predicted molar refractivity (Wildman–Crippen MR) is 190 cm³/mol. The molecule has 3 heterocycles. The fraction of sp³-hybridized carbons (Fsp3) is 0.525. The molecule has 4 aliphatic rings. The van der Waals surface area contributed by atoms with Gasteiger partial charge in [-0.2, -0.15) is 0 Å². The number of allylic oxidation sites excluding steroid dienone is 1. The molecule has 2 aromatic carbocycles. The van der Waals surface area contributed by atoms with Crippen molar-refractivity contribution in [1.82, 2.24) is 15.1 Å². The molecule has 1 aliphatic carbocycles. The summed E-state index contributed by atoms with van der Waals surface area (Å²) in [5.41, 5.74) is 0.120. The molecule has 272 valence electrons. The van der Waals surface area contributed by atoms with Crippen molar-refractivity contribution in [3.8, 4) is 16.9 Å². The summed E-state index contributed by atoms with van der Waals surface area (Å²) in [6, 6.07) is 14.0. The molecule has 2 saturated heterocycles. The lowest BCUT2D eigenvalue weighted by Crippen LogP contribution is -2.56. The minimum Gasteiger partial charge on any atom is -0.497 e. The molecule has 6 atom stereocenters. The number of esters is 1. The van der Waals surface area contributed by atoms with Gasteiger partial charge in [0, 0.05) is 48.9 Å². The van der Waals surface area contributed by atoms with E-state index < -0.39 is 46.9 Å². The van der Waals surface area contributed by atoms with Crippen LogP contribution in [0.1, 0.15) is 76.1 Å². The minimum atomic E-state index is -1.44. The summed E-state index contributed by atoms with van der Waals surface area (Å²) < 4.78 is 11.0. The molecule has 2 aromatic rings. The Balaban J connectivity index is 1.27. The molecule has 3 fully saturated rings. The van der Waals surface area contributed by atoms with Crippen LogP contribution in [0.2, 0.25) is 0 Å². The maximum absolute atomic E-state index is 14.4. The Labute approximate surface area is 299 Å². The number of likely N-dealkylation sites (tertiary alicyclic amines) is 1. The number of carbonyl (C=O) groups is 5. The van der Waals surface area contributed by atoms with E-state index in [0.717, 1.165) is 36.8 Å². The molecular formula is C40H49N3O8. The van der Waals surface area contributed by atoms with Crippen LogP contribution in [0, 0.1) is 23.7 Å². The van der Waals surface area contributed by atoms with Gasteiger partial charge in [-0.15, -0.1) is 0 Å². The van der Waals surface area contributed by atoms with Crippen molar-refractivity contribution in [1.29, 1.82) is 0 Å². The van der Waals surface area contributed by atoms with Crippen LogP contribution < -0.4 is 10.1 Å². The molecular weight excluding hydrogens is 650 g/mol. The van der Waals surface area contributed by atoms with Crippen molar-refractivity contribution < 1.29 is 38.6 Å². The average Bonchev–Trinajstić information content (AvgIpc) is 3.44. The standard InChI is InChI=1S/C40H49N3O8/c1-39(2,3)51-33(44)20-28-12-8-6-5-7-9-16-30-21-40(30,38(48)49)41-35(45)34-32-24-42(22-29(32)23-43(34)37(28)47)36(46)27-15-10-13-25(18-27)26-14-11-17-31(19-26)50-4/h9-11,13-19,28-30,32,34H,5-8,12,20-24H2,1-4H3,(H,41,45)(H,48,49)/b16-9-/t28-,29-,30+,32-,34-,40+/m0/s1. The second-order valence-corrected chi connectivity index (χ2v) is 15.5. The lowest BCUT2D eigenvalue weighted by Gasteiger charge is -2.32. The molecule has 0 bridgehead atoms. The Morgan fingerprint density at radius 2 is 1.73 bits per heavy atom. The number of fused-ring (bicyclic) bond motifs is 4. The van der Waals surface area contributed by atoms with E-state index in [1.807, 2.05) is 54.6 Å². The fourth-order valence-electron chi connectivity index (χ4n) is 8.07. The van der Waals surface area contributed by atoms with E-state index in [1.54, 1.807) is 43.7 Å². The van der Waals surface area contributed by atoms with Gasteiger partial charge in [0.1, 0.15) is 22.9 Å². The number of aliphatic carboxylic acids is 1. The van der Waals surface area contributed by atoms with E-state index in [-0.39, 0.29) is 49.6 Å². The van der Waals surface area contributed by atoms with Crippen LogP contribution in [0.15, 0.2) is 60.7 Å². The van der Waals surface area contributed by atoms with Crippen molar-refractivity contribution in [3.05, 3.63) is 66.2 Å². The van der Waals surface area contributed by atoms with Crippen molar-refractivity contribution in [3.63, 3.8) is 0 Å². The molecule has 1 saturated carbocycles. The van der Waals surface area contributed by atoms with Gasteiger partial charge in [0.15, 0.2) is 0 Å². The first-order valence-corrected chi connectivity index (χ1v) is 18.1. The maximum Gasteiger partial charge on any atom is 0.330 e. The van der Waals surface area contributed by atoms with Crippen LogP contribution in [-0.4, -0.2) is 88.5 Å². The zero-order chi connectivity index (χ0) is 36.5. The third kappa shape index (κ3) is 7.82. The molecule has 6 rings (SSSR count). The molecule has 0 aromatic heterocycles. The Morgan fingerprint density at radius 1 is 0.980 bits per heavy atom. The zero-order valence-corrected chi connectivity index (χ0v) is 29.9. The Bertz CT molecular complexity index is 1710. The molecule has 3 amide bonds. The Morgan fingerprint density at radius 3 is 2.45 bits per heavy atom. The van der Waals surface area contributed by atoms with E-state index in [0.29, 0.717) is 24.3 Å². The number of amides is 3. The number of carbonyl (C=O) groups excluding carboxylic acids is 4. The first-order valence-electron chi connectivity index (χ1n) is 18.1. The third-order valence-electron chi connectivity index (χ3n) is 10.7. The second-order valence-electron chi connectivity index (χ2n) is 15.5. The van der Waals surface area contributed by atoms with E-state index >= 15 is 0 Å². The monoisotopic (exact) mass is 699 g/mol. The third-order valence-corrected chi connectivity index (χ3v) is 10.7. The van der Waals surface area contributed by atoms with Gasteiger partial charge in [-0.3, -0.25) is 19.2 Å². The van der Waals surface area contributed by atoms with Gasteiger partial charge in [-0.05, 0) is 81.8 Å². The van der Waals surface area contributed by atoms with E-state index in [1.165, 1.54) is 0 Å². The average molecular weight is 700 g/mol. The van der Waals surface area contributed by atoms with Gasteiger partial charge < -0.3 is 29.7 Å². The number of carboxylic acid groups (broad SMARTS) is 1. The summed E-state index contributed by atoms with van der Waals surface area (Å²) in [5.74, 6) is -3.52. The van der Waals surface area contributed by atoms with Gasteiger partial charge in [0.05, 0.1) is 13.5 Å². The van der Waals surface area contributed by atoms with Crippen LogP contribution in [0.25, 0.3) is 11.1 Å². The second kappa shape index (κ2) is 14.5. The summed E-state index contributed by atoms with van der Waals surface area (Å²) >= 11 is 0. The first-order chi connectivity index (χ1) is 24.3. The summed E-state index contributed by atoms with van der Waals surface area (Å²) in [5, 5.41) is 13.1. The van der Waals surface area contributed by atoms with Crippen LogP contribution in [0.5, 0.6) is 5.75 Å². The highest BCUT2D eigenvalue weighted by atomic mass is 16.6. The van der Waals surface area contributed by atoms with Gasteiger partial charge in [0.25, 0.3) is 5.91 Å². The van der Waals surface area contributed by atoms with Crippen molar-refractivity contribution in [2.24, 2.45) is 23.7 Å². The van der Waals surface area contributed by atoms with Crippen LogP contribution in [0.3, 0.4) is 0 Å². The summed E-state index contributed by atoms with van der Waals surface area (Å²) in [7, 11) is 1.60. The lowest BCUT2D eigenvalue weighted by atomic mass is 9.92. The van der Waals surface area contributed by atoms with E-state index in [2.05, 4.69) is 5.32 Å². The fourth-order valence-corrected chi connectivity index (χ4v) is 8.07. The van der Waals surface area contributed by atoms with Crippen LogP contribution >= 0.6 is 0 Å². The highest BCUT2D eigenvalue weighted by Crippen LogP contribution is 2.46. The molecule has 51 heavy (non-hydrogen) atoms. The van der Waals surface area contributed by atoms with E-state index in [9.17, 15) is 29.1 Å². The van der Waals surface area contributed by atoms with Crippen molar-refractivity contribution in [2.45, 2.75) is 82.9 Å². The van der Waals surface area contributed by atoms with Crippen molar-refractivity contribution >= 4 is 29.7 Å². The van der Waals surface area contributed by atoms with E-state index in [4.69, 9.17) is 9.47 Å². The Hall–Kier alpha value is -4.67. The quantitative estimate of drug-likeness (QED) is 0.314. The summed E-state index contributed by atoms with van der Waals surface area (Å²) in [6.45, 7) is 6.14. The Kier molecular flexibility index (Phi) is 10.3. The van der Waals surface area contributed by atoms with Gasteiger partial charge in [-0.25, -0.2) is 4.79 Å². The number of nitrogens with zero attached hydrogens (tertiary/aromatic N) is 2. The van der Waals surface area contributed by atoms with Gasteiger partial charge in [-0.1, -0.05) is 49.3 Å². The first kappa shape index (κ1) is 36.1. The SMILES string of the molecule is COc1cccc(-c2cccc(C(=O)N3C[C@H]4CN5C(=O)[C@H](CC(=O)OC(C)(C)C)CCCCC/C=C\[C@@H]6C[C@@]6(C(=O)O)NC(=O)[C@@H]5[C@H]4C3)c2)c1. The number of carboxylic acids is 1. The number of benzene rings is 2. The summed E-state index contributed by atoms with van der Waals surface area (Å²) in [4.78, 5) is 71.5. The number of hydrogen-bond acceptors (Lipinski definition) is 7. The molecule has 0 radical (unpaired) electrons. The molecule has 11 nitrogen and oxygen atoms in total. The number of ether oxygens (including phenoxy) is 2. The normalized spacial score (nSPS) is 28.7. The topological polar surface area (TPSA) is 143 Å². The minimum absolute atomic E-state index is 0.106. The number of nitrogens with one attached hydrogen (secondary N) is 1. The smallest absolute Gasteiger partial charge is 0.330 e. The van der Waals surface area contributed by atoms with Gasteiger partial charge >= 0.3 is 11.9 Å². The number of rotatable bonds is 6. The molecule has 0 unspecified atom stereocenters. The predicted octanol–water partition coefficient (Wildman–Crippen LogP) is 5.09. The molecule has 0 spiro atoms. The zero-order valence-electron chi connectivity index (χ0n) is 29.9. The number of hydrogen-bond donors (Lipinski definition) is 2. The lowest BCUT2D eigenvalue weighted by molar-refractivity contribution is -0.159. The largest absolute Gasteiger partial charge is 0.497 e. The van der Waals surface area contributed by atoms with Crippen LogP contribution in [-0.2, 0) is 23.9 Å². The molecule has 11 heteroatoms. The van der Waals surface area contributed by atoms with Gasteiger partial charge in [0.2, 0.25) is 11.8 Å². The molecule has 2 N–H and O–H groups in total. The van der Waals surface area contributed by atoms with Crippen molar-refractivity contribution in [2.75, 3.05) is 26.7 Å². The maximum atomic E-state index is 14.4. The highest BCUT2D eigenvalue weighted by molar-refractivity contribution is 5.97.